The summed E-state index contributed by atoms with van der Waals surface area (Å²) in [5, 5.41) is 2.81. The molecule has 0 aliphatic heterocycles. The van der Waals surface area contributed by atoms with Crippen molar-refractivity contribution in [1.29, 1.82) is 0 Å². The Kier molecular flexibility index (Phi) is 5.95. The molecule has 1 aromatic heterocycles. The highest BCUT2D eigenvalue weighted by atomic mass is 16.5. The molecule has 0 aromatic carbocycles. The van der Waals surface area contributed by atoms with Crippen LogP contribution in [0.25, 0.3) is 0 Å². The first-order valence-corrected chi connectivity index (χ1v) is 6.95. The summed E-state index contributed by atoms with van der Waals surface area (Å²) < 4.78 is 10.9. The highest BCUT2D eigenvalue weighted by molar-refractivity contribution is 5.96. The Labute approximate surface area is 120 Å². The van der Waals surface area contributed by atoms with Crippen LogP contribution in [0.1, 0.15) is 39.7 Å². The van der Waals surface area contributed by atoms with Gasteiger partial charge < -0.3 is 14.8 Å². The minimum Gasteiger partial charge on any atom is -0.477 e. The van der Waals surface area contributed by atoms with E-state index < -0.39 is 5.60 Å². The molecule has 1 N–H and O–H groups in total. The Morgan fingerprint density at radius 3 is 2.65 bits per heavy atom. The number of aryl methyl sites for hydroxylation is 1. The highest BCUT2D eigenvalue weighted by Gasteiger charge is 2.28. The van der Waals surface area contributed by atoms with E-state index in [9.17, 15) is 4.79 Å². The monoisotopic (exact) mass is 280 g/mol. The van der Waals surface area contributed by atoms with Gasteiger partial charge in [0, 0.05) is 12.2 Å². The van der Waals surface area contributed by atoms with Crippen LogP contribution in [0.15, 0.2) is 12.3 Å². The molecule has 0 radical (unpaired) electrons. The zero-order valence-electron chi connectivity index (χ0n) is 12.9. The summed E-state index contributed by atoms with van der Waals surface area (Å²) >= 11 is 0. The number of rotatable bonds is 7. The minimum absolute atomic E-state index is 0.192. The van der Waals surface area contributed by atoms with Gasteiger partial charge in [0.1, 0.15) is 5.60 Å². The largest absolute Gasteiger partial charge is 0.477 e. The number of hydrogen-bond acceptors (Lipinski definition) is 4. The Hall–Kier alpha value is -1.62. The third kappa shape index (κ3) is 4.49. The smallest absolute Gasteiger partial charge is 0.256 e. The molecular formula is C15H24N2O3. The second kappa shape index (κ2) is 7.24. The molecule has 0 bridgehead atoms. The molecular weight excluding hydrogens is 256 g/mol. The minimum atomic E-state index is -0.861. The Bertz CT molecular complexity index is 458. The third-order valence-electron chi connectivity index (χ3n) is 2.78. The fraction of sp³-hybridized carbons (Fsp3) is 0.600. The summed E-state index contributed by atoms with van der Waals surface area (Å²) in [6.07, 6.45) is 2.53. The molecule has 5 nitrogen and oxygen atoms in total. The Balaban J connectivity index is 2.74. The number of amides is 1. The summed E-state index contributed by atoms with van der Waals surface area (Å²) in [6, 6.07) is 1.85. The molecule has 1 heterocycles. The lowest BCUT2D eigenvalue weighted by atomic mass is 10.1. The average Bonchev–Trinajstić information content (AvgIpc) is 2.37. The SMILES string of the molecule is CCCOc1ncc(NC(=O)C(C)(C)OCC)cc1C. The molecule has 5 heteroatoms. The summed E-state index contributed by atoms with van der Waals surface area (Å²) in [7, 11) is 0. The number of hydrogen-bond donors (Lipinski definition) is 1. The van der Waals surface area contributed by atoms with Crippen LogP contribution in [0, 0.1) is 6.92 Å². The molecule has 0 spiro atoms. The van der Waals surface area contributed by atoms with E-state index in [0.29, 0.717) is 24.8 Å². The van der Waals surface area contributed by atoms with Crippen LogP contribution in [0.3, 0.4) is 0 Å². The molecule has 0 aliphatic rings. The van der Waals surface area contributed by atoms with Gasteiger partial charge in [-0.1, -0.05) is 6.92 Å². The summed E-state index contributed by atoms with van der Waals surface area (Å²) in [4.78, 5) is 16.3. The first-order chi connectivity index (χ1) is 9.40. The van der Waals surface area contributed by atoms with Crippen LogP contribution in [0.2, 0.25) is 0 Å². The van der Waals surface area contributed by atoms with Gasteiger partial charge in [0.15, 0.2) is 0 Å². The van der Waals surface area contributed by atoms with Crippen molar-refractivity contribution in [2.75, 3.05) is 18.5 Å². The summed E-state index contributed by atoms with van der Waals surface area (Å²) in [6.45, 7) is 10.4. The quantitative estimate of drug-likeness (QED) is 0.834. The topological polar surface area (TPSA) is 60.5 Å². The molecule has 1 rings (SSSR count). The van der Waals surface area contributed by atoms with Gasteiger partial charge in [-0.25, -0.2) is 4.98 Å². The number of anilines is 1. The number of carbonyl (C=O) groups excluding carboxylic acids is 1. The lowest BCUT2D eigenvalue weighted by Gasteiger charge is -2.23. The van der Waals surface area contributed by atoms with Gasteiger partial charge >= 0.3 is 0 Å². The van der Waals surface area contributed by atoms with Crippen molar-refractivity contribution in [2.24, 2.45) is 0 Å². The zero-order chi connectivity index (χ0) is 15.2. The number of carbonyl (C=O) groups is 1. The normalized spacial score (nSPS) is 11.2. The van der Waals surface area contributed by atoms with Gasteiger partial charge in [0.05, 0.1) is 18.5 Å². The molecule has 0 unspecified atom stereocenters. The van der Waals surface area contributed by atoms with Gasteiger partial charge in [-0.05, 0) is 40.2 Å². The fourth-order valence-electron chi connectivity index (χ4n) is 1.69. The standard InChI is InChI=1S/C15H24N2O3/c1-6-8-19-13-11(3)9-12(10-16-13)17-14(18)15(4,5)20-7-2/h9-10H,6-8H2,1-5H3,(H,17,18). The summed E-state index contributed by atoms with van der Waals surface area (Å²) in [5.41, 5.74) is 0.676. The van der Waals surface area contributed by atoms with E-state index in [1.807, 2.05) is 26.8 Å². The van der Waals surface area contributed by atoms with Gasteiger partial charge in [0.25, 0.3) is 5.91 Å². The lowest BCUT2D eigenvalue weighted by Crippen LogP contribution is -2.39. The highest BCUT2D eigenvalue weighted by Crippen LogP contribution is 2.20. The third-order valence-corrected chi connectivity index (χ3v) is 2.78. The fourth-order valence-corrected chi connectivity index (χ4v) is 1.69. The van der Waals surface area contributed by atoms with Crippen LogP contribution >= 0.6 is 0 Å². The lowest BCUT2D eigenvalue weighted by molar-refractivity contribution is -0.136. The van der Waals surface area contributed by atoms with Crippen LogP contribution in [-0.2, 0) is 9.53 Å². The van der Waals surface area contributed by atoms with E-state index in [2.05, 4.69) is 10.3 Å². The molecule has 0 saturated heterocycles. The van der Waals surface area contributed by atoms with Gasteiger partial charge in [-0.2, -0.15) is 0 Å². The average molecular weight is 280 g/mol. The van der Waals surface area contributed by atoms with Crippen molar-refractivity contribution in [2.45, 2.75) is 46.6 Å². The van der Waals surface area contributed by atoms with Crippen molar-refractivity contribution in [3.63, 3.8) is 0 Å². The van der Waals surface area contributed by atoms with Crippen LogP contribution < -0.4 is 10.1 Å². The zero-order valence-corrected chi connectivity index (χ0v) is 12.9. The van der Waals surface area contributed by atoms with E-state index in [4.69, 9.17) is 9.47 Å². The van der Waals surface area contributed by atoms with Gasteiger partial charge in [-0.15, -0.1) is 0 Å². The van der Waals surface area contributed by atoms with Crippen LogP contribution in [-0.4, -0.2) is 29.7 Å². The first kappa shape index (κ1) is 16.4. The molecule has 1 amide bonds. The van der Waals surface area contributed by atoms with Crippen molar-refractivity contribution >= 4 is 11.6 Å². The number of pyridine rings is 1. The number of nitrogens with zero attached hydrogens (tertiary/aromatic N) is 1. The molecule has 0 fully saturated rings. The van der Waals surface area contributed by atoms with Gasteiger partial charge in [0.2, 0.25) is 5.88 Å². The predicted molar refractivity (Wildman–Crippen MR) is 79.1 cm³/mol. The second-order valence-corrected chi connectivity index (χ2v) is 5.09. The van der Waals surface area contributed by atoms with Crippen molar-refractivity contribution < 1.29 is 14.3 Å². The second-order valence-electron chi connectivity index (χ2n) is 5.09. The molecule has 1 aromatic rings. The maximum absolute atomic E-state index is 12.1. The van der Waals surface area contributed by atoms with Gasteiger partial charge in [-0.3, -0.25) is 4.79 Å². The van der Waals surface area contributed by atoms with E-state index in [0.717, 1.165) is 12.0 Å². The van der Waals surface area contributed by atoms with E-state index in [1.165, 1.54) is 0 Å². The van der Waals surface area contributed by atoms with Crippen LogP contribution in [0.5, 0.6) is 5.88 Å². The predicted octanol–water partition coefficient (Wildman–Crippen LogP) is 2.93. The molecule has 0 aliphatic carbocycles. The number of aromatic nitrogens is 1. The van der Waals surface area contributed by atoms with E-state index in [1.54, 1.807) is 20.0 Å². The maximum Gasteiger partial charge on any atom is 0.256 e. The van der Waals surface area contributed by atoms with E-state index in [-0.39, 0.29) is 5.91 Å². The van der Waals surface area contributed by atoms with Crippen molar-refractivity contribution in [1.82, 2.24) is 4.98 Å². The molecule has 0 atom stereocenters. The molecule has 20 heavy (non-hydrogen) atoms. The Morgan fingerprint density at radius 2 is 2.10 bits per heavy atom. The van der Waals surface area contributed by atoms with Crippen molar-refractivity contribution in [3.05, 3.63) is 17.8 Å². The molecule has 0 saturated carbocycles. The maximum atomic E-state index is 12.1. The summed E-state index contributed by atoms with van der Waals surface area (Å²) in [5.74, 6) is 0.414. The first-order valence-electron chi connectivity index (χ1n) is 6.95. The van der Waals surface area contributed by atoms with Crippen molar-refractivity contribution in [3.8, 4) is 5.88 Å². The Morgan fingerprint density at radius 1 is 1.40 bits per heavy atom. The van der Waals surface area contributed by atoms with Crippen LogP contribution in [0.4, 0.5) is 5.69 Å². The van der Waals surface area contributed by atoms with E-state index >= 15 is 0 Å². The number of ether oxygens (including phenoxy) is 2. The number of nitrogens with one attached hydrogen (secondary N) is 1. The molecule has 112 valence electrons.